The first-order chi connectivity index (χ1) is 12.4. The number of carbonyl (C=O) groups excluding carboxylic acids is 1. The molecule has 0 aliphatic heterocycles. The number of carbonyl (C=O) groups is 1. The number of sulfone groups is 1. The normalized spacial score (nSPS) is 13.4. The standard InChI is InChI=1S/C17H18F3NO4S2/c1-4-10(2)26-11-5-6-13(12(9-11)17(18,19)20)21-16(22)14-7-8-15(25-14)27(3,23)24/h5-10H,4H2,1-3H3,(H,21,22). The van der Waals surface area contributed by atoms with E-state index in [1.807, 2.05) is 13.8 Å². The molecule has 1 heterocycles. The molecule has 10 heteroatoms. The monoisotopic (exact) mass is 421 g/mol. The average molecular weight is 421 g/mol. The van der Waals surface area contributed by atoms with E-state index >= 15 is 0 Å². The molecule has 1 unspecified atom stereocenters. The number of benzene rings is 1. The third-order valence-electron chi connectivity index (χ3n) is 3.63. The second-order valence-electron chi connectivity index (χ2n) is 5.89. The summed E-state index contributed by atoms with van der Waals surface area (Å²) in [6.07, 6.45) is -2.98. The largest absolute Gasteiger partial charge is 0.440 e. The van der Waals surface area contributed by atoms with E-state index in [1.54, 1.807) is 0 Å². The Hall–Kier alpha value is -1.94. The Kier molecular flexibility index (Phi) is 6.31. The number of amides is 1. The molecule has 1 atom stereocenters. The molecular weight excluding hydrogens is 403 g/mol. The molecule has 0 fully saturated rings. The lowest BCUT2D eigenvalue weighted by atomic mass is 10.1. The lowest BCUT2D eigenvalue weighted by molar-refractivity contribution is -0.137. The molecule has 1 aromatic carbocycles. The molecule has 1 aromatic heterocycles. The van der Waals surface area contributed by atoms with Crippen molar-refractivity contribution in [1.82, 2.24) is 0 Å². The molecule has 0 aliphatic carbocycles. The van der Waals surface area contributed by atoms with Gasteiger partial charge in [0.25, 0.3) is 5.91 Å². The van der Waals surface area contributed by atoms with Gasteiger partial charge in [0.1, 0.15) is 0 Å². The van der Waals surface area contributed by atoms with Gasteiger partial charge in [-0.1, -0.05) is 13.8 Å². The summed E-state index contributed by atoms with van der Waals surface area (Å²) in [5, 5.41) is 1.84. The van der Waals surface area contributed by atoms with Gasteiger partial charge in [0, 0.05) is 16.4 Å². The first-order valence-electron chi connectivity index (χ1n) is 7.91. The van der Waals surface area contributed by atoms with E-state index in [0.29, 0.717) is 4.90 Å². The van der Waals surface area contributed by atoms with Crippen LogP contribution in [0.2, 0.25) is 0 Å². The van der Waals surface area contributed by atoms with Gasteiger partial charge in [-0.15, -0.1) is 11.8 Å². The highest BCUT2D eigenvalue weighted by Crippen LogP contribution is 2.38. The van der Waals surface area contributed by atoms with Crippen LogP contribution < -0.4 is 5.32 Å². The quantitative estimate of drug-likeness (QED) is 0.675. The molecule has 0 aliphatic rings. The van der Waals surface area contributed by atoms with Gasteiger partial charge in [-0.05, 0) is 36.8 Å². The van der Waals surface area contributed by atoms with E-state index in [1.165, 1.54) is 23.9 Å². The summed E-state index contributed by atoms with van der Waals surface area (Å²) >= 11 is 1.31. The van der Waals surface area contributed by atoms with Crippen LogP contribution in [0.4, 0.5) is 18.9 Å². The van der Waals surface area contributed by atoms with Gasteiger partial charge in [0.2, 0.25) is 14.9 Å². The number of halogens is 3. The van der Waals surface area contributed by atoms with Crippen molar-refractivity contribution in [2.75, 3.05) is 11.6 Å². The molecule has 5 nitrogen and oxygen atoms in total. The molecule has 0 bridgehead atoms. The highest BCUT2D eigenvalue weighted by atomic mass is 32.2. The van der Waals surface area contributed by atoms with Gasteiger partial charge in [-0.3, -0.25) is 4.79 Å². The van der Waals surface area contributed by atoms with Crippen LogP contribution in [0.5, 0.6) is 0 Å². The first-order valence-corrected chi connectivity index (χ1v) is 10.7. The zero-order valence-corrected chi connectivity index (χ0v) is 16.4. The van der Waals surface area contributed by atoms with Crippen molar-refractivity contribution in [2.45, 2.75) is 41.7 Å². The number of furan rings is 1. The minimum Gasteiger partial charge on any atom is -0.440 e. The van der Waals surface area contributed by atoms with Gasteiger partial charge < -0.3 is 9.73 Å². The maximum Gasteiger partial charge on any atom is 0.418 e. The van der Waals surface area contributed by atoms with Gasteiger partial charge in [0.05, 0.1) is 11.3 Å². The molecule has 1 N–H and O–H groups in total. The summed E-state index contributed by atoms with van der Waals surface area (Å²) < 4.78 is 67.9. The number of anilines is 1. The number of rotatable bonds is 6. The zero-order chi connectivity index (χ0) is 20.4. The van der Waals surface area contributed by atoms with Crippen molar-refractivity contribution in [3.63, 3.8) is 0 Å². The summed E-state index contributed by atoms with van der Waals surface area (Å²) in [5.41, 5.74) is -1.42. The molecule has 0 radical (unpaired) electrons. The summed E-state index contributed by atoms with van der Waals surface area (Å²) in [6, 6.07) is 5.81. The van der Waals surface area contributed by atoms with Crippen LogP contribution in [-0.2, 0) is 16.0 Å². The van der Waals surface area contributed by atoms with Crippen LogP contribution in [0.1, 0.15) is 36.4 Å². The Bertz CT molecular complexity index is 936. The fourth-order valence-corrected chi connectivity index (χ4v) is 3.60. The van der Waals surface area contributed by atoms with E-state index in [0.717, 1.165) is 30.9 Å². The highest BCUT2D eigenvalue weighted by Gasteiger charge is 2.34. The van der Waals surface area contributed by atoms with E-state index in [-0.39, 0.29) is 5.25 Å². The Labute approximate surface area is 159 Å². The summed E-state index contributed by atoms with van der Waals surface area (Å²) in [5.74, 6) is -1.38. The Morgan fingerprint density at radius 2 is 1.93 bits per heavy atom. The van der Waals surface area contributed by atoms with E-state index < -0.39 is 44.0 Å². The maximum atomic E-state index is 13.4. The highest BCUT2D eigenvalue weighted by molar-refractivity contribution is 7.99. The van der Waals surface area contributed by atoms with Crippen molar-refractivity contribution in [2.24, 2.45) is 0 Å². The number of hydrogen-bond donors (Lipinski definition) is 1. The fraction of sp³-hybridized carbons (Fsp3) is 0.353. The molecule has 148 valence electrons. The van der Waals surface area contributed by atoms with Crippen molar-refractivity contribution in [3.05, 3.63) is 41.7 Å². The van der Waals surface area contributed by atoms with Crippen molar-refractivity contribution < 1.29 is 30.8 Å². The fourth-order valence-electron chi connectivity index (χ4n) is 2.08. The smallest absolute Gasteiger partial charge is 0.418 e. The van der Waals surface area contributed by atoms with Gasteiger partial charge in [0.15, 0.2) is 5.76 Å². The Morgan fingerprint density at radius 1 is 1.26 bits per heavy atom. The molecule has 2 aromatic rings. The summed E-state index contributed by atoms with van der Waals surface area (Å²) in [4.78, 5) is 12.6. The molecule has 0 spiro atoms. The summed E-state index contributed by atoms with van der Waals surface area (Å²) in [6.45, 7) is 3.84. The van der Waals surface area contributed by atoms with Crippen molar-refractivity contribution >= 4 is 33.2 Å². The number of thioether (sulfide) groups is 1. The summed E-state index contributed by atoms with van der Waals surface area (Å²) in [7, 11) is -3.67. The minimum absolute atomic E-state index is 0.143. The van der Waals surface area contributed by atoms with Crippen LogP contribution in [0.3, 0.4) is 0 Å². The molecule has 2 rings (SSSR count). The topological polar surface area (TPSA) is 76.4 Å². The molecular formula is C17H18F3NO4S2. The average Bonchev–Trinajstić information content (AvgIpc) is 3.05. The SMILES string of the molecule is CCC(C)Sc1ccc(NC(=O)c2ccc(S(C)(=O)=O)o2)c(C(F)(F)F)c1. The van der Waals surface area contributed by atoms with Crippen LogP contribution in [-0.4, -0.2) is 25.8 Å². The first kappa shape index (κ1) is 21.4. The van der Waals surface area contributed by atoms with E-state index in [4.69, 9.17) is 4.42 Å². The second-order valence-corrected chi connectivity index (χ2v) is 9.35. The van der Waals surface area contributed by atoms with Crippen molar-refractivity contribution in [3.8, 4) is 0 Å². The second kappa shape index (κ2) is 7.97. The Morgan fingerprint density at radius 3 is 2.44 bits per heavy atom. The van der Waals surface area contributed by atoms with Gasteiger partial charge >= 0.3 is 6.18 Å². The maximum absolute atomic E-state index is 13.4. The number of alkyl halides is 3. The lowest BCUT2D eigenvalue weighted by Gasteiger charge is -2.16. The van der Waals surface area contributed by atoms with E-state index in [2.05, 4.69) is 5.32 Å². The van der Waals surface area contributed by atoms with E-state index in [9.17, 15) is 26.4 Å². The number of nitrogens with one attached hydrogen (secondary N) is 1. The number of hydrogen-bond acceptors (Lipinski definition) is 5. The van der Waals surface area contributed by atoms with Crippen LogP contribution >= 0.6 is 11.8 Å². The third-order valence-corrected chi connectivity index (χ3v) is 5.84. The lowest BCUT2D eigenvalue weighted by Crippen LogP contribution is -2.16. The third kappa shape index (κ3) is 5.52. The molecule has 0 saturated heterocycles. The van der Waals surface area contributed by atoms with Gasteiger partial charge in [-0.25, -0.2) is 8.42 Å². The van der Waals surface area contributed by atoms with Crippen LogP contribution in [0.25, 0.3) is 0 Å². The zero-order valence-electron chi connectivity index (χ0n) is 14.8. The Balaban J connectivity index is 2.31. The minimum atomic E-state index is -4.67. The predicted octanol–water partition coefficient (Wildman–Crippen LogP) is 4.84. The predicted molar refractivity (Wildman–Crippen MR) is 96.8 cm³/mol. The molecule has 1 amide bonds. The molecule has 0 saturated carbocycles. The van der Waals surface area contributed by atoms with Crippen molar-refractivity contribution in [1.29, 1.82) is 0 Å². The van der Waals surface area contributed by atoms with Gasteiger partial charge in [-0.2, -0.15) is 13.2 Å². The van der Waals surface area contributed by atoms with Crippen LogP contribution in [0, 0.1) is 0 Å². The molecule has 27 heavy (non-hydrogen) atoms. The van der Waals surface area contributed by atoms with Crippen LogP contribution in [0.15, 0.2) is 44.7 Å².